The molecule has 0 N–H and O–H groups in total. The van der Waals surface area contributed by atoms with Crippen LogP contribution in [0.5, 0.6) is 0 Å². The molecule has 2 heterocycles. The maximum atomic E-state index is 13.1. The Morgan fingerprint density at radius 1 is 1.07 bits per heavy atom. The molecule has 0 bridgehead atoms. The molecule has 0 aliphatic heterocycles. The lowest BCUT2D eigenvalue weighted by molar-refractivity contribution is 0.102. The Bertz CT molecular complexity index is 1200. The van der Waals surface area contributed by atoms with Gasteiger partial charge in [-0.15, -0.1) is 10.2 Å². The SMILES string of the molecule is Cc1c(Cl)cccc1-n1c(SCC(=O)c2ccc(F)cc2)nnc1-c1ccncc1. The molecule has 0 fully saturated rings. The van der Waals surface area contributed by atoms with Crippen molar-refractivity contribution in [2.75, 3.05) is 5.75 Å². The van der Waals surface area contributed by atoms with Crippen LogP contribution in [0.2, 0.25) is 5.02 Å². The molecule has 5 nitrogen and oxygen atoms in total. The average molecular weight is 439 g/mol. The minimum atomic E-state index is -0.377. The molecule has 0 aliphatic rings. The van der Waals surface area contributed by atoms with Crippen LogP contribution in [0.25, 0.3) is 17.1 Å². The predicted octanol–water partition coefficient (Wildman–Crippen LogP) is 5.41. The van der Waals surface area contributed by atoms with Crippen molar-refractivity contribution < 1.29 is 9.18 Å². The van der Waals surface area contributed by atoms with Gasteiger partial charge in [0.05, 0.1) is 11.4 Å². The topological polar surface area (TPSA) is 60.7 Å². The Morgan fingerprint density at radius 2 is 1.80 bits per heavy atom. The van der Waals surface area contributed by atoms with Gasteiger partial charge in [-0.25, -0.2) is 4.39 Å². The van der Waals surface area contributed by atoms with Crippen molar-refractivity contribution in [3.63, 3.8) is 0 Å². The number of halogens is 2. The molecule has 4 rings (SSSR count). The minimum Gasteiger partial charge on any atom is -0.293 e. The normalized spacial score (nSPS) is 10.9. The second-order valence-electron chi connectivity index (χ2n) is 6.48. The molecule has 0 spiro atoms. The molecule has 0 saturated heterocycles. The van der Waals surface area contributed by atoms with Crippen molar-refractivity contribution in [2.24, 2.45) is 0 Å². The van der Waals surface area contributed by atoms with E-state index in [9.17, 15) is 9.18 Å². The third-order valence-corrected chi connectivity index (χ3v) is 5.89. The molecular formula is C22H16ClFN4OS. The quantitative estimate of drug-likeness (QED) is 0.298. The molecule has 150 valence electrons. The van der Waals surface area contributed by atoms with Gasteiger partial charge >= 0.3 is 0 Å². The van der Waals surface area contributed by atoms with Crippen molar-refractivity contribution in [2.45, 2.75) is 12.1 Å². The molecular weight excluding hydrogens is 423 g/mol. The zero-order chi connectivity index (χ0) is 21.1. The number of hydrogen-bond donors (Lipinski definition) is 0. The van der Waals surface area contributed by atoms with Crippen LogP contribution in [0.15, 0.2) is 72.1 Å². The second kappa shape index (κ2) is 8.77. The fourth-order valence-electron chi connectivity index (χ4n) is 2.96. The summed E-state index contributed by atoms with van der Waals surface area (Å²) in [4.78, 5) is 16.6. The fourth-order valence-corrected chi connectivity index (χ4v) is 3.96. The number of nitrogens with zero attached hydrogens (tertiary/aromatic N) is 4. The van der Waals surface area contributed by atoms with Crippen LogP contribution in [0.1, 0.15) is 15.9 Å². The molecule has 4 aromatic rings. The average Bonchev–Trinajstić information content (AvgIpc) is 3.19. The van der Waals surface area contributed by atoms with Crippen LogP contribution >= 0.6 is 23.4 Å². The number of carbonyl (C=O) groups is 1. The lowest BCUT2D eigenvalue weighted by atomic mass is 10.1. The first-order valence-electron chi connectivity index (χ1n) is 9.07. The molecule has 0 atom stereocenters. The van der Waals surface area contributed by atoms with E-state index < -0.39 is 0 Å². The summed E-state index contributed by atoms with van der Waals surface area (Å²) in [6, 6.07) is 14.8. The van der Waals surface area contributed by atoms with Crippen molar-refractivity contribution in [1.82, 2.24) is 19.7 Å². The van der Waals surface area contributed by atoms with E-state index in [0.29, 0.717) is 21.6 Å². The van der Waals surface area contributed by atoms with Gasteiger partial charge in [0.2, 0.25) is 0 Å². The number of ketones is 1. The highest BCUT2D eigenvalue weighted by atomic mass is 35.5. The number of thioether (sulfide) groups is 1. The van der Waals surface area contributed by atoms with E-state index in [1.807, 2.05) is 41.8 Å². The Labute approximate surface area is 181 Å². The molecule has 2 aromatic heterocycles. The fraction of sp³-hybridized carbons (Fsp3) is 0.0909. The first-order valence-corrected chi connectivity index (χ1v) is 10.4. The Morgan fingerprint density at radius 3 is 2.53 bits per heavy atom. The number of carbonyl (C=O) groups excluding carboxylic acids is 1. The Hall–Kier alpha value is -3.03. The summed E-state index contributed by atoms with van der Waals surface area (Å²) >= 11 is 7.61. The zero-order valence-electron chi connectivity index (χ0n) is 15.9. The number of rotatable bonds is 6. The van der Waals surface area contributed by atoms with Gasteiger partial charge in [0, 0.05) is 28.5 Å². The summed E-state index contributed by atoms with van der Waals surface area (Å²) in [5, 5.41) is 9.86. The lowest BCUT2D eigenvalue weighted by Crippen LogP contribution is -2.06. The maximum absolute atomic E-state index is 13.1. The van der Waals surface area contributed by atoms with Gasteiger partial charge in [0.25, 0.3) is 0 Å². The maximum Gasteiger partial charge on any atom is 0.196 e. The molecule has 0 saturated carbocycles. The zero-order valence-corrected chi connectivity index (χ0v) is 17.5. The first kappa shape index (κ1) is 20.3. The second-order valence-corrected chi connectivity index (χ2v) is 7.83. The standard InChI is InChI=1S/C22H16ClFN4OS/c1-14-18(23)3-2-4-19(14)28-21(16-9-11-25-12-10-16)26-27-22(28)30-13-20(29)15-5-7-17(24)8-6-15/h2-12H,13H2,1H3. The van der Waals surface area contributed by atoms with Crippen LogP contribution in [-0.4, -0.2) is 31.3 Å². The number of hydrogen-bond acceptors (Lipinski definition) is 5. The predicted molar refractivity (Wildman–Crippen MR) is 116 cm³/mol. The van der Waals surface area contributed by atoms with E-state index in [2.05, 4.69) is 15.2 Å². The molecule has 8 heteroatoms. The summed E-state index contributed by atoms with van der Waals surface area (Å²) in [5.74, 6) is 0.263. The van der Waals surface area contributed by atoms with E-state index in [-0.39, 0.29) is 17.4 Å². The Kier molecular flexibility index (Phi) is 5.92. The van der Waals surface area contributed by atoms with Crippen LogP contribution in [-0.2, 0) is 0 Å². The number of pyridine rings is 1. The van der Waals surface area contributed by atoms with Crippen LogP contribution in [0, 0.1) is 12.7 Å². The smallest absolute Gasteiger partial charge is 0.196 e. The van der Waals surface area contributed by atoms with Crippen molar-refractivity contribution >= 4 is 29.1 Å². The lowest BCUT2D eigenvalue weighted by Gasteiger charge is -2.13. The minimum absolute atomic E-state index is 0.122. The summed E-state index contributed by atoms with van der Waals surface area (Å²) in [7, 11) is 0. The van der Waals surface area contributed by atoms with Gasteiger partial charge < -0.3 is 0 Å². The van der Waals surface area contributed by atoms with Gasteiger partial charge in [-0.2, -0.15) is 0 Å². The van der Waals surface area contributed by atoms with E-state index in [4.69, 9.17) is 11.6 Å². The van der Waals surface area contributed by atoms with Gasteiger partial charge in [-0.05, 0) is 61.0 Å². The monoisotopic (exact) mass is 438 g/mol. The molecule has 0 radical (unpaired) electrons. The van der Waals surface area contributed by atoms with Crippen molar-refractivity contribution in [3.05, 3.63) is 89.0 Å². The van der Waals surface area contributed by atoms with Crippen molar-refractivity contribution in [1.29, 1.82) is 0 Å². The summed E-state index contributed by atoms with van der Waals surface area (Å²) in [5.41, 5.74) is 2.99. The Balaban J connectivity index is 1.71. The van der Waals surface area contributed by atoms with Gasteiger partial charge in [-0.3, -0.25) is 14.3 Å². The molecule has 0 aliphatic carbocycles. The van der Waals surface area contributed by atoms with E-state index in [1.54, 1.807) is 12.4 Å². The highest BCUT2D eigenvalue weighted by Crippen LogP contribution is 2.31. The number of Topliss-reactive ketones (excluding diaryl/α,β-unsaturated/α-hetero) is 1. The first-order chi connectivity index (χ1) is 14.5. The number of benzene rings is 2. The molecule has 0 amide bonds. The summed E-state index contributed by atoms with van der Waals surface area (Å²) < 4.78 is 15.0. The molecule has 0 unspecified atom stereocenters. The molecule has 30 heavy (non-hydrogen) atoms. The van der Waals surface area contributed by atoms with Gasteiger partial charge in [0.1, 0.15) is 5.82 Å². The van der Waals surface area contributed by atoms with Crippen molar-refractivity contribution in [3.8, 4) is 17.1 Å². The summed E-state index contributed by atoms with van der Waals surface area (Å²) in [6.07, 6.45) is 3.37. The third-order valence-electron chi connectivity index (χ3n) is 4.55. The highest BCUT2D eigenvalue weighted by molar-refractivity contribution is 7.99. The largest absolute Gasteiger partial charge is 0.293 e. The van der Waals surface area contributed by atoms with E-state index in [0.717, 1.165) is 16.8 Å². The van der Waals surface area contributed by atoms with Crippen LogP contribution in [0.3, 0.4) is 0 Å². The molecule has 2 aromatic carbocycles. The van der Waals surface area contributed by atoms with Gasteiger partial charge in [0.15, 0.2) is 16.8 Å². The van der Waals surface area contributed by atoms with Crippen LogP contribution in [0.4, 0.5) is 4.39 Å². The van der Waals surface area contributed by atoms with Gasteiger partial charge in [-0.1, -0.05) is 29.4 Å². The number of aromatic nitrogens is 4. The summed E-state index contributed by atoms with van der Waals surface area (Å²) in [6.45, 7) is 1.92. The van der Waals surface area contributed by atoms with Crippen LogP contribution < -0.4 is 0 Å². The third kappa shape index (κ3) is 4.13. The van der Waals surface area contributed by atoms with E-state index in [1.165, 1.54) is 36.0 Å². The highest BCUT2D eigenvalue weighted by Gasteiger charge is 2.19. The van der Waals surface area contributed by atoms with E-state index >= 15 is 0 Å².